The highest BCUT2D eigenvalue weighted by atomic mass is 16.5. The first-order chi connectivity index (χ1) is 9.36. The first-order valence-corrected chi connectivity index (χ1v) is 7.06. The molecular weight excluding hydrogens is 256 g/mol. The minimum atomic E-state index is -0.208. The Morgan fingerprint density at radius 1 is 1.45 bits per heavy atom. The molecule has 1 aromatic heterocycles. The van der Waals surface area contributed by atoms with Crippen molar-refractivity contribution in [2.45, 2.75) is 45.4 Å². The molecule has 2 N–H and O–H groups in total. The number of ether oxygens (including phenoxy) is 1. The number of hydrogen-bond donors (Lipinski definition) is 2. The summed E-state index contributed by atoms with van der Waals surface area (Å²) >= 11 is 0. The molecule has 1 aliphatic carbocycles. The highest BCUT2D eigenvalue weighted by Crippen LogP contribution is 2.48. The number of nitrogens with one attached hydrogen (secondary N) is 2. The van der Waals surface area contributed by atoms with E-state index in [-0.39, 0.29) is 22.6 Å². The van der Waals surface area contributed by atoms with E-state index < -0.39 is 0 Å². The van der Waals surface area contributed by atoms with Crippen LogP contribution in [0.3, 0.4) is 0 Å². The molecule has 0 aliphatic heterocycles. The number of nitrogens with zero attached hydrogens (tertiary/aromatic N) is 2. The van der Waals surface area contributed by atoms with E-state index in [0.29, 0.717) is 6.54 Å². The van der Waals surface area contributed by atoms with Crippen LogP contribution in [0, 0.1) is 5.41 Å². The summed E-state index contributed by atoms with van der Waals surface area (Å²) in [7, 11) is 1.70. The third-order valence-electron chi connectivity index (χ3n) is 3.82. The molecule has 1 amide bonds. The summed E-state index contributed by atoms with van der Waals surface area (Å²) in [5.74, 6) is 0.737. The first kappa shape index (κ1) is 15.0. The van der Waals surface area contributed by atoms with Crippen LogP contribution in [0.2, 0.25) is 0 Å². The van der Waals surface area contributed by atoms with Gasteiger partial charge in [-0.1, -0.05) is 20.8 Å². The maximum absolute atomic E-state index is 12.0. The normalized spacial score (nSPS) is 17.0. The third-order valence-corrected chi connectivity index (χ3v) is 3.82. The van der Waals surface area contributed by atoms with Crippen molar-refractivity contribution in [3.63, 3.8) is 0 Å². The van der Waals surface area contributed by atoms with Gasteiger partial charge in [-0.2, -0.15) is 0 Å². The van der Waals surface area contributed by atoms with E-state index in [0.717, 1.165) is 31.7 Å². The zero-order chi connectivity index (χ0) is 14.8. The van der Waals surface area contributed by atoms with Crippen molar-refractivity contribution in [1.82, 2.24) is 20.5 Å². The maximum atomic E-state index is 12.0. The number of methoxy groups -OCH3 is 1. The molecular formula is C14H24N4O2. The Labute approximate surface area is 119 Å². The van der Waals surface area contributed by atoms with Gasteiger partial charge in [0.25, 0.3) is 5.91 Å². The van der Waals surface area contributed by atoms with Gasteiger partial charge in [0, 0.05) is 25.7 Å². The molecule has 0 saturated heterocycles. The van der Waals surface area contributed by atoms with Crippen molar-refractivity contribution in [2.75, 3.05) is 20.3 Å². The highest BCUT2D eigenvalue weighted by molar-refractivity contribution is 5.90. The highest BCUT2D eigenvalue weighted by Gasteiger charge is 2.42. The van der Waals surface area contributed by atoms with E-state index in [4.69, 9.17) is 4.74 Å². The van der Waals surface area contributed by atoms with Crippen molar-refractivity contribution >= 4 is 5.91 Å². The Bertz CT molecular complexity index is 472. The molecule has 0 aromatic carbocycles. The number of carbonyl (C=O) groups excluding carboxylic acids is 1. The number of amides is 1. The molecule has 0 unspecified atom stereocenters. The van der Waals surface area contributed by atoms with Gasteiger partial charge < -0.3 is 10.1 Å². The lowest BCUT2D eigenvalue weighted by molar-refractivity contribution is 0.0928. The molecule has 0 bridgehead atoms. The van der Waals surface area contributed by atoms with Crippen LogP contribution in [0.15, 0.2) is 0 Å². The molecule has 1 fully saturated rings. The van der Waals surface area contributed by atoms with Crippen molar-refractivity contribution < 1.29 is 9.53 Å². The molecule has 1 aromatic rings. The summed E-state index contributed by atoms with van der Waals surface area (Å²) in [6.07, 6.45) is 3.29. The topological polar surface area (TPSA) is 79.9 Å². The third kappa shape index (κ3) is 3.56. The molecule has 6 nitrogen and oxygen atoms in total. The number of aromatic nitrogens is 3. The molecule has 2 rings (SSSR count). The van der Waals surface area contributed by atoms with Gasteiger partial charge in [0.05, 0.1) is 0 Å². The summed E-state index contributed by atoms with van der Waals surface area (Å²) in [5.41, 5.74) is 0.0938. The van der Waals surface area contributed by atoms with Crippen LogP contribution in [-0.2, 0) is 10.2 Å². The van der Waals surface area contributed by atoms with Gasteiger partial charge in [0.2, 0.25) is 5.82 Å². The molecule has 0 atom stereocenters. The van der Waals surface area contributed by atoms with E-state index in [1.54, 1.807) is 7.11 Å². The summed E-state index contributed by atoms with van der Waals surface area (Å²) in [5, 5.41) is 9.76. The zero-order valence-electron chi connectivity index (χ0n) is 12.7. The monoisotopic (exact) mass is 280 g/mol. The van der Waals surface area contributed by atoms with Crippen LogP contribution in [0.4, 0.5) is 0 Å². The predicted molar refractivity (Wildman–Crippen MR) is 75.6 cm³/mol. The average molecular weight is 280 g/mol. The Kier molecular flexibility index (Phi) is 4.13. The molecule has 20 heavy (non-hydrogen) atoms. The number of aromatic amines is 1. The fourth-order valence-corrected chi connectivity index (χ4v) is 2.06. The lowest BCUT2D eigenvalue weighted by Crippen LogP contribution is -2.31. The summed E-state index contributed by atoms with van der Waals surface area (Å²) in [6.45, 7) is 7.50. The second kappa shape index (κ2) is 5.52. The minimum Gasteiger partial charge on any atom is -0.385 e. The van der Waals surface area contributed by atoms with Crippen LogP contribution in [-0.4, -0.2) is 41.3 Å². The first-order valence-electron chi connectivity index (χ1n) is 7.06. The van der Waals surface area contributed by atoms with E-state index in [1.165, 1.54) is 0 Å². The fourth-order valence-electron chi connectivity index (χ4n) is 2.06. The van der Waals surface area contributed by atoms with Crippen LogP contribution < -0.4 is 5.32 Å². The second-order valence-corrected chi connectivity index (χ2v) is 6.68. The molecule has 112 valence electrons. The SMILES string of the molecule is COCCC1(CNC(=O)c2n[nH]c(C(C)(C)C)n2)CC1. The van der Waals surface area contributed by atoms with Gasteiger partial charge in [-0.05, 0) is 24.7 Å². The van der Waals surface area contributed by atoms with Gasteiger partial charge in [0.15, 0.2) is 0 Å². The number of hydrogen-bond acceptors (Lipinski definition) is 4. The largest absolute Gasteiger partial charge is 0.385 e. The number of carbonyl (C=O) groups is 1. The molecule has 1 heterocycles. The zero-order valence-corrected chi connectivity index (χ0v) is 12.7. The summed E-state index contributed by atoms with van der Waals surface area (Å²) in [6, 6.07) is 0. The Morgan fingerprint density at radius 2 is 2.15 bits per heavy atom. The van der Waals surface area contributed by atoms with Gasteiger partial charge in [0.1, 0.15) is 5.82 Å². The molecule has 1 aliphatic rings. The van der Waals surface area contributed by atoms with Gasteiger partial charge >= 0.3 is 0 Å². The van der Waals surface area contributed by atoms with E-state index >= 15 is 0 Å². The predicted octanol–water partition coefficient (Wildman–Crippen LogP) is 1.65. The van der Waals surface area contributed by atoms with Gasteiger partial charge in [-0.25, -0.2) is 4.98 Å². The Hall–Kier alpha value is -1.43. The smallest absolute Gasteiger partial charge is 0.290 e. The number of rotatable bonds is 6. The van der Waals surface area contributed by atoms with Crippen molar-refractivity contribution in [3.8, 4) is 0 Å². The Morgan fingerprint density at radius 3 is 2.65 bits per heavy atom. The van der Waals surface area contributed by atoms with Crippen molar-refractivity contribution in [3.05, 3.63) is 11.6 Å². The van der Waals surface area contributed by atoms with Crippen LogP contribution in [0.1, 0.15) is 56.5 Å². The van der Waals surface area contributed by atoms with Crippen LogP contribution in [0.5, 0.6) is 0 Å². The molecule has 0 radical (unpaired) electrons. The quantitative estimate of drug-likeness (QED) is 0.830. The number of H-pyrrole nitrogens is 1. The maximum Gasteiger partial charge on any atom is 0.290 e. The average Bonchev–Trinajstić information content (AvgIpc) is 2.96. The van der Waals surface area contributed by atoms with Crippen molar-refractivity contribution in [2.24, 2.45) is 5.41 Å². The van der Waals surface area contributed by atoms with E-state index in [9.17, 15) is 4.79 Å². The van der Waals surface area contributed by atoms with E-state index in [2.05, 4.69) is 20.5 Å². The van der Waals surface area contributed by atoms with Crippen molar-refractivity contribution in [1.29, 1.82) is 0 Å². The van der Waals surface area contributed by atoms with Crippen LogP contribution >= 0.6 is 0 Å². The summed E-state index contributed by atoms with van der Waals surface area (Å²) in [4.78, 5) is 16.3. The fraction of sp³-hybridized carbons (Fsp3) is 0.786. The summed E-state index contributed by atoms with van der Waals surface area (Å²) < 4.78 is 5.11. The minimum absolute atomic E-state index is 0.137. The van der Waals surface area contributed by atoms with Gasteiger partial charge in [-0.15, -0.1) is 5.10 Å². The Balaban J connectivity index is 1.88. The lowest BCUT2D eigenvalue weighted by atomic mass is 9.96. The lowest BCUT2D eigenvalue weighted by Gasteiger charge is -2.14. The molecule has 6 heteroatoms. The molecule has 1 saturated carbocycles. The molecule has 0 spiro atoms. The standard InChI is InChI=1S/C14H24N4O2/c1-13(2,3)12-16-10(17-18-12)11(19)15-9-14(5-6-14)7-8-20-4/h5-9H2,1-4H3,(H,15,19)(H,16,17,18). The second-order valence-electron chi connectivity index (χ2n) is 6.68. The van der Waals surface area contributed by atoms with E-state index in [1.807, 2.05) is 20.8 Å². The van der Waals surface area contributed by atoms with Crippen LogP contribution in [0.25, 0.3) is 0 Å². The van der Waals surface area contributed by atoms with Gasteiger partial charge in [-0.3, -0.25) is 9.89 Å².